The first-order chi connectivity index (χ1) is 8.36. The highest BCUT2D eigenvalue weighted by molar-refractivity contribution is 6.80. The molecule has 2 N–H and O–H groups in total. The zero-order valence-corrected chi connectivity index (χ0v) is 9.60. The molecular weight excluding hydrogens is 211 g/mol. The number of methoxy groups -OCH3 is 1. The SMILES string of the molecule is COc1cccc(B2Nc3ccccc3N2)c1. The average Bonchev–Trinajstić information content (AvgIpc) is 2.82. The van der Waals surface area contributed by atoms with Gasteiger partial charge in [0.2, 0.25) is 0 Å². The lowest BCUT2D eigenvalue weighted by molar-refractivity contribution is 0.415. The molecule has 0 aliphatic carbocycles. The van der Waals surface area contributed by atoms with Gasteiger partial charge in [-0.15, -0.1) is 0 Å². The van der Waals surface area contributed by atoms with Crippen molar-refractivity contribution in [2.75, 3.05) is 17.6 Å². The van der Waals surface area contributed by atoms with Crippen molar-refractivity contribution >= 4 is 23.8 Å². The van der Waals surface area contributed by atoms with Crippen molar-refractivity contribution in [3.05, 3.63) is 48.5 Å². The van der Waals surface area contributed by atoms with Crippen molar-refractivity contribution in [1.82, 2.24) is 0 Å². The Kier molecular flexibility index (Phi) is 2.40. The molecule has 17 heavy (non-hydrogen) atoms. The Balaban J connectivity index is 1.88. The summed E-state index contributed by atoms with van der Waals surface area (Å²) in [7, 11) is 1.68. The Morgan fingerprint density at radius 1 is 0.941 bits per heavy atom. The van der Waals surface area contributed by atoms with Gasteiger partial charge in [-0.05, 0) is 29.7 Å². The molecule has 0 bridgehead atoms. The molecule has 2 aromatic rings. The van der Waals surface area contributed by atoms with E-state index in [0.717, 1.165) is 17.1 Å². The number of ether oxygens (including phenoxy) is 1. The molecule has 0 atom stereocenters. The number of hydrogen-bond acceptors (Lipinski definition) is 3. The summed E-state index contributed by atoms with van der Waals surface area (Å²) in [4.78, 5) is 0. The van der Waals surface area contributed by atoms with Gasteiger partial charge in [0, 0.05) is 11.4 Å². The number of anilines is 2. The summed E-state index contributed by atoms with van der Waals surface area (Å²) < 4.78 is 5.24. The minimum Gasteiger partial charge on any atom is -0.497 e. The van der Waals surface area contributed by atoms with Gasteiger partial charge in [-0.1, -0.05) is 24.3 Å². The van der Waals surface area contributed by atoms with Crippen molar-refractivity contribution in [2.45, 2.75) is 0 Å². The van der Waals surface area contributed by atoms with Crippen LogP contribution in [-0.2, 0) is 0 Å². The van der Waals surface area contributed by atoms with E-state index in [1.165, 1.54) is 5.46 Å². The fourth-order valence-electron chi connectivity index (χ4n) is 2.07. The van der Waals surface area contributed by atoms with Crippen LogP contribution in [0.25, 0.3) is 0 Å². The van der Waals surface area contributed by atoms with Crippen LogP contribution in [0.2, 0.25) is 0 Å². The molecule has 1 aliphatic heterocycles. The molecule has 3 rings (SSSR count). The molecule has 84 valence electrons. The maximum atomic E-state index is 5.24. The van der Waals surface area contributed by atoms with E-state index in [1.807, 2.05) is 30.3 Å². The number of nitrogens with one attached hydrogen (secondary N) is 2. The predicted octanol–water partition coefficient (Wildman–Crippen LogP) is 1.93. The summed E-state index contributed by atoms with van der Waals surface area (Å²) in [5, 5.41) is 6.87. The Labute approximate surface area is 101 Å². The van der Waals surface area contributed by atoms with Crippen molar-refractivity contribution in [3.63, 3.8) is 0 Å². The largest absolute Gasteiger partial charge is 0.497 e. The summed E-state index contributed by atoms with van der Waals surface area (Å²) in [5.41, 5.74) is 3.45. The summed E-state index contributed by atoms with van der Waals surface area (Å²) in [6.45, 7) is 0.113. The van der Waals surface area contributed by atoms with Crippen LogP contribution in [0, 0.1) is 0 Å². The summed E-state index contributed by atoms with van der Waals surface area (Å²) in [6, 6.07) is 16.3. The Bertz CT molecular complexity index is 519. The zero-order valence-electron chi connectivity index (χ0n) is 9.60. The van der Waals surface area contributed by atoms with Crippen LogP contribution in [0.1, 0.15) is 0 Å². The van der Waals surface area contributed by atoms with E-state index >= 15 is 0 Å². The van der Waals surface area contributed by atoms with Crippen LogP contribution >= 0.6 is 0 Å². The summed E-state index contributed by atoms with van der Waals surface area (Å²) in [5.74, 6) is 0.877. The summed E-state index contributed by atoms with van der Waals surface area (Å²) in [6.07, 6.45) is 0. The van der Waals surface area contributed by atoms with E-state index in [4.69, 9.17) is 4.74 Å². The molecule has 2 aromatic carbocycles. The number of para-hydroxylation sites is 2. The molecule has 0 spiro atoms. The van der Waals surface area contributed by atoms with E-state index in [-0.39, 0.29) is 6.98 Å². The molecule has 4 heteroatoms. The molecule has 0 amide bonds. The maximum absolute atomic E-state index is 5.24. The van der Waals surface area contributed by atoms with Gasteiger partial charge in [-0.3, -0.25) is 0 Å². The molecule has 3 nitrogen and oxygen atoms in total. The number of fused-ring (bicyclic) bond motifs is 1. The van der Waals surface area contributed by atoms with Gasteiger partial charge < -0.3 is 15.2 Å². The maximum Gasteiger partial charge on any atom is 0.406 e. The lowest BCUT2D eigenvalue weighted by Crippen LogP contribution is -2.41. The highest BCUT2D eigenvalue weighted by atomic mass is 16.5. The fourth-order valence-corrected chi connectivity index (χ4v) is 2.07. The van der Waals surface area contributed by atoms with Gasteiger partial charge in [0.05, 0.1) is 7.11 Å². The zero-order chi connectivity index (χ0) is 11.7. The highest BCUT2D eigenvalue weighted by Crippen LogP contribution is 2.26. The average molecular weight is 224 g/mol. The Hall–Kier alpha value is -2.10. The third-order valence-corrected chi connectivity index (χ3v) is 2.95. The topological polar surface area (TPSA) is 33.3 Å². The van der Waals surface area contributed by atoms with Gasteiger partial charge in [0.25, 0.3) is 0 Å². The molecule has 0 fully saturated rings. The van der Waals surface area contributed by atoms with Gasteiger partial charge >= 0.3 is 6.98 Å². The number of rotatable bonds is 2. The second-order valence-corrected chi connectivity index (χ2v) is 4.04. The van der Waals surface area contributed by atoms with E-state index < -0.39 is 0 Å². The van der Waals surface area contributed by atoms with Crippen LogP contribution in [0.5, 0.6) is 5.75 Å². The van der Waals surface area contributed by atoms with E-state index in [0.29, 0.717) is 0 Å². The van der Waals surface area contributed by atoms with Crippen LogP contribution in [0.15, 0.2) is 48.5 Å². The van der Waals surface area contributed by atoms with E-state index in [2.05, 4.69) is 28.7 Å². The normalized spacial score (nSPS) is 12.6. The Morgan fingerprint density at radius 3 is 2.29 bits per heavy atom. The minimum absolute atomic E-state index is 0.113. The van der Waals surface area contributed by atoms with E-state index in [9.17, 15) is 0 Å². The third-order valence-electron chi connectivity index (χ3n) is 2.95. The fraction of sp³-hybridized carbons (Fsp3) is 0.0769. The van der Waals surface area contributed by atoms with E-state index in [1.54, 1.807) is 7.11 Å². The van der Waals surface area contributed by atoms with Gasteiger partial charge in [-0.2, -0.15) is 0 Å². The molecule has 1 heterocycles. The van der Waals surface area contributed by atoms with Gasteiger partial charge in [0.15, 0.2) is 0 Å². The molecule has 0 saturated carbocycles. The van der Waals surface area contributed by atoms with Gasteiger partial charge in [-0.25, -0.2) is 0 Å². The van der Waals surface area contributed by atoms with Crippen molar-refractivity contribution in [2.24, 2.45) is 0 Å². The first-order valence-electron chi connectivity index (χ1n) is 5.63. The smallest absolute Gasteiger partial charge is 0.406 e. The molecule has 0 unspecified atom stereocenters. The minimum atomic E-state index is 0.113. The second-order valence-electron chi connectivity index (χ2n) is 4.04. The highest BCUT2D eigenvalue weighted by Gasteiger charge is 2.26. The molecule has 0 aromatic heterocycles. The van der Waals surface area contributed by atoms with Crippen molar-refractivity contribution in [1.29, 1.82) is 0 Å². The Morgan fingerprint density at radius 2 is 1.65 bits per heavy atom. The van der Waals surface area contributed by atoms with Gasteiger partial charge in [0.1, 0.15) is 5.75 Å². The number of hydrogen-bond donors (Lipinski definition) is 2. The predicted molar refractivity (Wildman–Crippen MR) is 72.1 cm³/mol. The first-order valence-corrected chi connectivity index (χ1v) is 5.63. The van der Waals surface area contributed by atoms with Crippen LogP contribution in [-0.4, -0.2) is 14.1 Å². The van der Waals surface area contributed by atoms with Crippen LogP contribution < -0.4 is 20.7 Å². The first kappa shape index (κ1) is 10.1. The quantitative estimate of drug-likeness (QED) is 0.764. The van der Waals surface area contributed by atoms with Crippen LogP contribution in [0.3, 0.4) is 0 Å². The van der Waals surface area contributed by atoms with Crippen molar-refractivity contribution in [3.8, 4) is 5.75 Å². The molecule has 0 saturated heterocycles. The third kappa shape index (κ3) is 1.82. The standard InChI is InChI=1S/C13H13BN2O/c1-17-11-6-4-5-10(9-11)14-15-12-7-2-3-8-13(12)16-14/h2-9,15-16H,1H3. The van der Waals surface area contributed by atoms with Crippen molar-refractivity contribution < 1.29 is 4.74 Å². The second kappa shape index (κ2) is 4.05. The molecule has 1 aliphatic rings. The number of benzene rings is 2. The molecule has 0 radical (unpaired) electrons. The van der Waals surface area contributed by atoms with Crippen LogP contribution in [0.4, 0.5) is 11.4 Å². The lowest BCUT2D eigenvalue weighted by Gasteiger charge is -2.08. The summed E-state index contributed by atoms with van der Waals surface area (Å²) >= 11 is 0. The molecular formula is C13H13BN2O. The monoisotopic (exact) mass is 224 g/mol. The lowest BCUT2D eigenvalue weighted by atomic mass is 9.69.